The summed E-state index contributed by atoms with van der Waals surface area (Å²) in [5.74, 6) is -1.22. The van der Waals surface area contributed by atoms with Gasteiger partial charge in [-0.1, -0.05) is 12.1 Å². The van der Waals surface area contributed by atoms with Crippen LogP contribution >= 0.6 is 26.8 Å². The highest BCUT2D eigenvalue weighted by atomic mass is 35.5. The van der Waals surface area contributed by atoms with E-state index < -0.39 is 52.2 Å². The minimum Gasteiger partial charge on any atom is -0.387 e. The van der Waals surface area contributed by atoms with Crippen LogP contribution in [0, 0.1) is 5.82 Å². The molecule has 0 bridgehead atoms. The van der Waals surface area contributed by atoms with Crippen molar-refractivity contribution in [2.75, 3.05) is 30.5 Å². The lowest BCUT2D eigenvalue weighted by Gasteiger charge is -2.49. The molecule has 1 aromatic carbocycles. The molecule has 2 aromatic heterocycles. The zero-order valence-electron chi connectivity index (χ0n) is 20.6. The van der Waals surface area contributed by atoms with Crippen LogP contribution in [0.3, 0.4) is 0 Å². The van der Waals surface area contributed by atoms with Crippen LogP contribution in [0.2, 0.25) is 5.28 Å². The van der Waals surface area contributed by atoms with Gasteiger partial charge in [-0.15, -0.1) is 0 Å². The third-order valence-corrected chi connectivity index (χ3v) is 11.2. The molecule has 5 N–H and O–H groups in total. The third-order valence-electron chi connectivity index (χ3n) is 7.58. The largest absolute Gasteiger partial charge is 0.387 e. The fourth-order valence-corrected chi connectivity index (χ4v) is 8.59. The summed E-state index contributed by atoms with van der Waals surface area (Å²) >= 11 is 6.24. The van der Waals surface area contributed by atoms with Crippen molar-refractivity contribution in [1.29, 1.82) is 0 Å². The zero-order chi connectivity index (χ0) is 28.6. The second kappa shape index (κ2) is 9.77. The first kappa shape index (κ1) is 28.1. The van der Waals surface area contributed by atoms with Crippen LogP contribution in [-0.4, -0.2) is 88.3 Å². The number of hydrogen-bond acceptors (Lipinski definition) is 10. The van der Waals surface area contributed by atoms with Gasteiger partial charge in [0.05, 0.1) is 12.9 Å². The quantitative estimate of drug-likeness (QED) is 0.187. The predicted octanol–water partition coefficient (Wildman–Crippen LogP) is 1.28. The molecule has 216 valence electrons. The van der Waals surface area contributed by atoms with Crippen LogP contribution in [0.15, 0.2) is 24.5 Å². The molecule has 0 amide bonds. The number of aliphatic hydroxyl groups excluding tert-OH is 2. The fraction of sp³-hybridized carbons (Fsp3) is 0.500. The molecule has 0 radical (unpaired) electrons. The van der Waals surface area contributed by atoms with Crippen molar-refractivity contribution in [2.45, 2.75) is 42.8 Å². The third kappa shape index (κ3) is 4.88. The number of ether oxygens (including phenoxy) is 1. The van der Waals surface area contributed by atoms with Gasteiger partial charge in [-0.25, -0.2) is 9.37 Å². The van der Waals surface area contributed by atoms with E-state index in [9.17, 15) is 28.6 Å². The van der Waals surface area contributed by atoms with E-state index in [0.29, 0.717) is 24.4 Å². The van der Waals surface area contributed by atoms with E-state index in [0.717, 1.165) is 24.0 Å². The van der Waals surface area contributed by atoms with Gasteiger partial charge in [0.25, 0.3) is 0 Å². The molecule has 3 aliphatic rings. The second-order valence-corrected chi connectivity index (χ2v) is 14.7. The van der Waals surface area contributed by atoms with Gasteiger partial charge in [0.15, 0.2) is 29.1 Å². The molecule has 6 rings (SSSR count). The Hall–Kier alpha value is -2.03. The van der Waals surface area contributed by atoms with Crippen LogP contribution in [0.25, 0.3) is 11.2 Å². The molecule has 2 fully saturated rings. The minimum absolute atomic E-state index is 0.116. The summed E-state index contributed by atoms with van der Waals surface area (Å²) in [5, 5.41) is 21.0. The van der Waals surface area contributed by atoms with Gasteiger partial charge >= 0.3 is 15.2 Å². The Bertz CT molecular complexity index is 1580. The van der Waals surface area contributed by atoms with Crippen LogP contribution in [0.1, 0.15) is 23.8 Å². The molecular weight excluding hydrogens is 595 g/mol. The molecule has 1 spiro atoms. The summed E-state index contributed by atoms with van der Waals surface area (Å²) in [6.07, 6.45) is -2.81. The van der Waals surface area contributed by atoms with E-state index in [-0.39, 0.29) is 22.2 Å². The average Bonchev–Trinajstić information content (AvgIpc) is 3.50. The normalized spacial score (nSPS) is 27.2. The minimum atomic E-state index is -4.85. The van der Waals surface area contributed by atoms with Crippen LogP contribution in [0.5, 0.6) is 0 Å². The van der Waals surface area contributed by atoms with Crippen molar-refractivity contribution in [3.63, 3.8) is 0 Å². The Balaban J connectivity index is 1.23. The summed E-state index contributed by atoms with van der Waals surface area (Å²) in [5.41, 5.74) is 1.89. The smallest absolute Gasteiger partial charge is 0.340 e. The number of aliphatic hydroxyl groups is 2. The van der Waals surface area contributed by atoms with E-state index in [1.165, 1.54) is 17.0 Å². The summed E-state index contributed by atoms with van der Waals surface area (Å²) in [4.78, 5) is 42.5. The maximum absolute atomic E-state index is 14.7. The second-order valence-electron chi connectivity index (χ2n) is 10.3. The van der Waals surface area contributed by atoms with Crippen molar-refractivity contribution < 1.29 is 47.7 Å². The van der Waals surface area contributed by atoms with Gasteiger partial charge in [0.1, 0.15) is 24.1 Å². The molecule has 4 heterocycles. The Labute approximate surface area is 231 Å². The van der Waals surface area contributed by atoms with E-state index in [1.807, 2.05) is 11.0 Å². The van der Waals surface area contributed by atoms with Crippen LogP contribution in [-0.2, 0) is 30.2 Å². The first-order valence-corrected chi connectivity index (χ1v) is 16.2. The molecular formula is C22H25ClFN5O9P2. The lowest BCUT2D eigenvalue weighted by Crippen LogP contribution is -2.59. The van der Waals surface area contributed by atoms with Gasteiger partial charge in [-0.3, -0.25) is 13.7 Å². The van der Waals surface area contributed by atoms with Crippen LogP contribution in [0.4, 0.5) is 10.2 Å². The van der Waals surface area contributed by atoms with Crippen molar-refractivity contribution in [3.8, 4) is 0 Å². The lowest BCUT2D eigenvalue weighted by molar-refractivity contribution is -0.0483. The number of hydrogen-bond donors (Lipinski definition) is 5. The van der Waals surface area contributed by atoms with Crippen LogP contribution < -0.4 is 4.90 Å². The van der Waals surface area contributed by atoms with Gasteiger partial charge in [0.2, 0.25) is 5.28 Å². The van der Waals surface area contributed by atoms with Gasteiger partial charge in [-0.05, 0) is 36.1 Å². The predicted molar refractivity (Wildman–Crippen MR) is 138 cm³/mol. The van der Waals surface area contributed by atoms with Crippen molar-refractivity contribution in [2.24, 2.45) is 0 Å². The van der Waals surface area contributed by atoms with E-state index in [2.05, 4.69) is 15.0 Å². The topological polar surface area (TPSA) is 201 Å². The van der Waals surface area contributed by atoms with Crippen molar-refractivity contribution >= 4 is 43.8 Å². The number of nitrogens with zero attached hydrogens (tertiary/aromatic N) is 5. The van der Waals surface area contributed by atoms with Gasteiger partial charge in [-0.2, -0.15) is 9.97 Å². The van der Waals surface area contributed by atoms with Crippen molar-refractivity contribution in [3.05, 3.63) is 46.8 Å². The number of fused-ring (bicyclic) bond motifs is 3. The Morgan fingerprint density at radius 2 is 1.93 bits per heavy atom. The zero-order valence-corrected chi connectivity index (χ0v) is 23.2. The highest BCUT2D eigenvalue weighted by Crippen LogP contribution is 2.55. The molecule has 2 aliphatic heterocycles. The SMILES string of the molecule is O=P(O)(O)CP(=O)(O)OC[C@H]1O[C@@H](n2cnc3c(N4CC5(CCc6cccc(F)c65)C4)nc(Cl)nc32)[C@@H](O)C1O. The van der Waals surface area contributed by atoms with E-state index in [4.69, 9.17) is 30.6 Å². The number of halogens is 2. The Morgan fingerprint density at radius 1 is 1.18 bits per heavy atom. The lowest BCUT2D eigenvalue weighted by atomic mass is 9.74. The van der Waals surface area contributed by atoms with E-state index in [1.54, 1.807) is 6.07 Å². The number of rotatable bonds is 7. The molecule has 2 saturated heterocycles. The van der Waals surface area contributed by atoms with E-state index >= 15 is 0 Å². The summed E-state index contributed by atoms with van der Waals surface area (Å²) < 4.78 is 49.5. The highest BCUT2D eigenvalue weighted by molar-refractivity contribution is 7.70. The molecule has 18 heteroatoms. The molecule has 3 aromatic rings. The first-order chi connectivity index (χ1) is 18.8. The molecule has 1 aliphatic carbocycles. The Morgan fingerprint density at radius 3 is 2.65 bits per heavy atom. The summed E-state index contributed by atoms with van der Waals surface area (Å²) in [6.45, 7) is 0.253. The number of anilines is 1. The molecule has 14 nitrogen and oxygen atoms in total. The molecule has 2 unspecified atom stereocenters. The highest BCUT2D eigenvalue weighted by Gasteiger charge is 2.51. The number of imidazole rings is 1. The standard InChI is InChI=1S/C22H25ClFN5O9P2/c23-21-26-18(28-7-22(8-28)5-4-11-2-1-3-12(24)14(11)22)15-19(27-21)29(9-25-15)20-17(31)16(30)13(38-20)6-37-40(35,36)10-39(32,33)34/h1-3,9,13,16-17,20,30-31H,4-8,10H2,(H,35,36)(H2,32,33,34)/t13-,16?,17+,20-/m1/s1. The maximum Gasteiger partial charge on any atom is 0.340 e. The molecule has 5 atom stereocenters. The monoisotopic (exact) mass is 619 g/mol. The maximum atomic E-state index is 14.7. The summed E-state index contributed by atoms with van der Waals surface area (Å²) in [7, 11) is -9.56. The fourth-order valence-electron chi connectivity index (χ4n) is 5.86. The Kier molecular flexibility index (Phi) is 6.87. The average molecular weight is 620 g/mol. The van der Waals surface area contributed by atoms with Crippen molar-refractivity contribution in [1.82, 2.24) is 19.5 Å². The van der Waals surface area contributed by atoms with Gasteiger partial charge in [0, 0.05) is 24.1 Å². The molecule has 0 saturated carbocycles. The number of aryl methyl sites for hydroxylation is 1. The number of aromatic nitrogens is 4. The first-order valence-electron chi connectivity index (χ1n) is 12.2. The summed E-state index contributed by atoms with van der Waals surface area (Å²) in [6, 6.07) is 5.11. The van der Waals surface area contributed by atoms with Gasteiger partial charge < -0.3 is 39.1 Å². The molecule has 40 heavy (non-hydrogen) atoms. The number of benzene rings is 1.